The standard InChI is InChI=1S/C16H31N3O/c1-5-8-14-17-15(12(2)3)16(20)19(14)13(4)11-18-9-6-7-10-18/h12-15,17H,5-11H2,1-4H3. The van der Waals surface area contributed by atoms with Crippen molar-refractivity contribution in [3.63, 3.8) is 0 Å². The van der Waals surface area contributed by atoms with Crippen LogP contribution in [0.4, 0.5) is 0 Å². The molecule has 2 saturated heterocycles. The lowest BCUT2D eigenvalue weighted by molar-refractivity contribution is -0.133. The Hall–Kier alpha value is -0.610. The lowest BCUT2D eigenvalue weighted by Crippen LogP contribution is -2.48. The molecule has 0 aliphatic carbocycles. The highest BCUT2D eigenvalue weighted by atomic mass is 16.2. The minimum Gasteiger partial charge on any atom is -0.322 e. The molecule has 2 aliphatic rings. The highest BCUT2D eigenvalue weighted by Crippen LogP contribution is 2.23. The van der Waals surface area contributed by atoms with Gasteiger partial charge in [-0.2, -0.15) is 0 Å². The van der Waals surface area contributed by atoms with E-state index >= 15 is 0 Å². The highest BCUT2D eigenvalue weighted by Gasteiger charge is 2.42. The van der Waals surface area contributed by atoms with Gasteiger partial charge in [0.25, 0.3) is 0 Å². The third kappa shape index (κ3) is 3.34. The molecule has 20 heavy (non-hydrogen) atoms. The molecule has 3 unspecified atom stereocenters. The summed E-state index contributed by atoms with van der Waals surface area (Å²) >= 11 is 0. The number of nitrogens with zero attached hydrogens (tertiary/aromatic N) is 2. The van der Waals surface area contributed by atoms with E-state index in [2.05, 4.69) is 42.8 Å². The van der Waals surface area contributed by atoms with Crippen molar-refractivity contribution >= 4 is 5.91 Å². The lowest BCUT2D eigenvalue weighted by atomic mass is 10.0. The van der Waals surface area contributed by atoms with E-state index in [-0.39, 0.29) is 12.2 Å². The van der Waals surface area contributed by atoms with Gasteiger partial charge in [0.1, 0.15) is 0 Å². The van der Waals surface area contributed by atoms with Gasteiger partial charge in [0.15, 0.2) is 0 Å². The molecule has 1 amide bonds. The van der Waals surface area contributed by atoms with Crippen molar-refractivity contribution in [1.29, 1.82) is 0 Å². The second kappa shape index (κ2) is 6.90. The van der Waals surface area contributed by atoms with Crippen molar-refractivity contribution in [2.45, 2.75) is 71.6 Å². The van der Waals surface area contributed by atoms with E-state index in [4.69, 9.17) is 0 Å². The zero-order valence-corrected chi connectivity index (χ0v) is 13.6. The molecule has 116 valence electrons. The fraction of sp³-hybridized carbons (Fsp3) is 0.938. The summed E-state index contributed by atoms with van der Waals surface area (Å²) in [5.74, 6) is 0.677. The second-order valence-electron chi connectivity index (χ2n) is 6.80. The van der Waals surface area contributed by atoms with Gasteiger partial charge >= 0.3 is 0 Å². The van der Waals surface area contributed by atoms with Gasteiger partial charge in [0.05, 0.1) is 12.2 Å². The molecule has 0 bridgehead atoms. The first-order chi connectivity index (χ1) is 9.54. The smallest absolute Gasteiger partial charge is 0.241 e. The average Bonchev–Trinajstić information content (AvgIpc) is 2.98. The predicted molar refractivity (Wildman–Crippen MR) is 82.4 cm³/mol. The van der Waals surface area contributed by atoms with E-state index in [1.54, 1.807) is 0 Å². The molecule has 0 aromatic rings. The topological polar surface area (TPSA) is 35.6 Å². The first kappa shape index (κ1) is 15.8. The number of amides is 1. The van der Waals surface area contributed by atoms with Crippen LogP contribution in [0.5, 0.6) is 0 Å². The van der Waals surface area contributed by atoms with Crippen molar-refractivity contribution in [3.8, 4) is 0 Å². The molecule has 0 aromatic carbocycles. The van der Waals surface area contributed by atoms with E-state index in [0.717, 1.165) is 19.4 Å². The summed E-state index contributed by atoms with van der Waals surface area (Å²) in [6.45, 7) is 12.1. The van der Waals surface area contributed by atoms with Crippen molar-refractivity contribution in [3.05, 3.63) is 0 Å². The number of nitrogens with one attached hydrogen (secondary N) is 1. The van der Waals surface area contributed by atoms with Gasteiger partial charge in [-0.25, -0.2) is 0 Å². The molecular formula is C16H31N3O. The van der Waals surface area contributed by atoms with Crippen LogP contribution in [0.1, 0.15) is 53.4 Å². The van der Waals surface area contributed by atoms with Gasteiger partial charge in [-0.15, -0.1) is 0 Å². The van der Waals surface area contributed by atoms with Crippen LogP contribution in [-0.2, 0) is 4.79 Å². The van der Waals surface area contributed by atoms with Crippen LogP contribution < -0.4 is 5.32 Å². The largest absolute Gasteiger partial charge is 0.322 e. The summed E-state index contributed by atoms with van der Waals surface area (Å²) in [4.78, 5) is 17.3. The zero-order valence-electron chi connectivity index (χ0n) is 13.6. The van der Waals surface area contributed by atoms with Crippen LogP contribution in [0.15, 0.2) is 0 Å². The second-order valence-corrected chi connectivity index (χ2v) is 6.80. The first-order valence-electron chi connectivity index (χ1n) is 8.35. The quantitative estimate of drug-likeness (QED) is 0.809. The summed E-state index contributed by atoms with van der Waals surface area (Å²) in [6.07, 6.45) is 5.03. The zero-order chi connectivity index (χ0) is 14.7. The summed E-state index contributed by atoms with van der Waals surface area (Å²) < 4.78 is 0. The fourth-order valence-corrected chi connectivity index (χ4v) is 3.60. The van der Waals surface area contributed by atoms with Crippen LogP contribution in [0, 0.1) is 5.92 Å². The van der Waals surface area contributed by atoms with E-state index < -0.39 is 0 Å². The highest BCUT2D eigenvalue weighted by molar-refractivity contribution is 5.84. The van der Waals surface area contributed by atoms with Crippen molar-refractivity contribution in [2.24, 2.45) is 5.92 Å². The van der Waals surface area contributed by atoms with Crippen LogP contribution in [0.2, 0.25) is 0 Å². The molecule has 2 heterocycles. The molecule has 4 nitrogen and oxygen atoms in total. The molecule has 2 fully saturated rings. The summed E-state index contributed by atoms with van der Waals surface area (Å²) in [6, 6.07) is 0.320. The van der Waals surface area contributed by atoms with Gasteiger partial charge in [0.2, 0.25) is 5.91 Å². The molecule has 0 aromatic heterocycles. The van der Waals surface area contributed by atoms with E-state index in [9.17, 15) is 4.79 Å². The number of likely N-dealkylation sites (tertiary alicyclic amines) is 1. The molecule has 2 aliphatic heterocycles. The Morgan fingerprint density at radius 2 is 1.90 bits per heavy atom. The van der Waals surface area contributed by atoms with Crippen molar-refractivity contribution in [1.82, 2.24) is 15.1 Å². The number of carbonyl (C=O) groups excluding carboxylic acids is 1. The van der Waals surface area contributed by atoms with Crippen LogP contribution in [0.3, 0.4) is 0 Å². The van der Waals surface area contributed by atoms with Gasteiger partial charge in [-0.05, 0) is 45.2 Å². The lowest BCUT2D eigenvalue weighted by Gasteiger charge is -2.33. The Labute approximate surface area is 123 Å². The Morgan fingerprint density at radius 3 is 2.45 bits per heavy atom. The van der Waals surface area contributed by atoms with Gasteiger partial charge in [-0.1, -0.05) is 27.2 Å². The van der Waals surface area contributed by atoms with E-state index in [1.807, 2.05) is 0 Å². The Bertz CT molecular complexity index is 326. The van der Waals surface area contributed by atoms with Gasteiger partial charge in [-0.3, -0.25) is 10.1 Å². The molecule has 1 N–H and O–H groups in total. The number of carbonyl (C=O) groups is 1. The van der Waals surface area contributed by atoms with Crippen LogP contribution >= 0.6 is 0 Å². The third-order valence-electron chi connectivity index (χ3n) is 4.65. The summed E-state index contributed by atoms with van der Waals surface area (Å²) in [7, 11) is 0. The maximum Gasteiger partial charge on any atom is 0.241 e. The van der Waals surface area contributed by atoms with Gasteiger partial charge in [0, 0.05) is 12.6 Å². The van der Waals surface area contributed by atoms with E-state index in [1.165, 1.54) is 25.9 Å². The Balaban J connectivity index is 2.02. The Morgan fingerprint density at radius 1 is 1.25 bits per heavy atom. The molecule has 4 heteroatoms. The summed E-state index contributed by atoms with van der Waals surface area (Å²) in [5, 5.41) is 3.55. The van der Waals surface area contributed by atoms with Crippen LogP contribution in [0.25, 0.3) is 0 Å². The van der Waals surface area contributed by atoms with Crippen LogP contribution in [-0.4, -0.2) is 53.6 Å². The van der Waals surface area contributed by atoms with Gasteiger partial charge < -0.3 is 9.80 Å². The third-order valence-corrected chi connectivity index (χ3v) is 4.65. The maximum atomic E-state index is 12.7. The molecule has 3 atom stereocenters. The molecular weight excluding hydrogens is 250 g/mol. The first-order valence-corrected chi connectivity index (χ1v) is 8.35. The minimum atomic E-state index is 0.00702. The molecule has 0 radical (unpaired) electrons. The predicted octanol–water partition coefficient (Wildman–Crippen LogP) is 2.05. The number of rotatable bonds is 6. The van der Waals surface area contributed by atoms with Crippen molar-refractivity contribution < 1.29 is 4.79 Å². The maximum absolute atomic E-state index is 12.7. The molecule has 2 rings (SSSR count). The molecule has 0 saturated carbocycles. The number of hydrogen-bond acceptors (Lipinski definition) is 3. The summed E-state index contributed by atoms with van der Waals surface area (Å²) in [5.41, 5.74) is 0. The van der Waals surface area contributed by atoms with Crippen molar-refractivity contribution in [2.75, 3.05) is 19.6 Å². The minimum absolute atomic E-state index is 0.00702. The monoisotopic (exact) mass is 281 g/mol. The normalized spacial score (nSPS) is 29.6. The van der Waals surface area contributed by atoms with E-state index in [0.29, 0.717) is 17.9 Å². The number of hydrogen-bond donors (Lipinski definition) is 1. The average molecular weight is 281 g/mol. The Kier molecular flexibility index (Phi) is 5.44. The SMILES string of the molecule is CCCC1NC(C(C)C)C(=O)N1C(C)CN1CCCC1. The fourth-order valence-electron chi connectivity index (χ4n) is 3.60. The molecule has 0 spiro atoms.